The molecule has 0 aliphatic carbocycles. The number of hydrogen-bond acceptors (Lipinski definition) is 0. The summed E-state index contributed by atoms with van der Waals surface area (Å²) >= 11 is 0. The normalized spacial score (nSPS) is 7.00. The summed E-state index contributed by atoms with van der Waals surface area (Å²) in [6.07, 6.45) is 4.24. The van der Waals surface area contributed by atoms with Gasteiger partial charge in [0.15, 0.2) is 0 Å². The number of hydrogen-bond donors (Lipinski definition) is 0. The van der Waals surface area contributed by atoms with Gasteiger partial charge in [0.2, 0.25) is 0 Å². The van der Waals surface area contributed by atoms with E-state index in [4.69, 9.17) is 0 Å². The molecule has 0 nitrogen and oxygen atoms in total. The summed E-state index contributed by atoms with van der Waals surface area (Å²) in [4.78, 5) is 0. The molecule has 0 saturated carbocycles. The van der Waals surface area contributed by atoms with Crippen molar-refractivity contribution < 1.29 is 0 Å². The lowest BCUT2D eigenvalue weighted by Crippen LogP contribution is -1.62. The fourth-order valence-corrected chi connectivity index (χ4v) is 0.333. The summed E-state index contributed by atoms with van der Waals surface area (Å²) in [5.74, 6) is 0. The van der Waals surface area contributed by atoms with Crippen LogP contribution >= 0.6 is 0 Å². The highest BCUT2D eigenvalue weighted by Crippen LogP contribution is 1.93. The standard InChI is InChI=1S/C8H14.C2H6/c1-7(2)5-6-8(3)4;1-2/h5-6H,1-4H3;1-2H3. The van der Waals surface area contributed by atoms with E-state index in [1.54, 1.807) is 0 Å². The molecule has 0 aliphatic rings. The Bertz CT molecular complexity index is 92.0. The molecule has 0 aromatic carbocycles. The molecular formula is C10H20. The zero-order valence-electron chi connectivity index (χ0n) is 8.15. The molecule has 0 N–H and O–H groups in total. The zero-order chi connectivity index (χ0) is 8.57. The van der Waals surface area contributed by atoms with Gasteiger partial charge in [0, 0.05) is 0 Å². The minimum atomic E-state index is 1.35. The van der Waals surface area contributed by atoms with Crippen LogP contribution in [0.5, 0.6) is 0 Å². The maximum Gasteiger partial charge on any atom is -0.0439 e. The molecule has 0 unspecified atom stereocenters. The predicted molar refractivity (Wildman–Crippen MR) is 50.2 cm³/mol. The lowest BCUT2D eigenvalue weighted by molar-refractivity contribution is 1.35. The van der Waals surface area contributed by atoms with Crippen LogP contribution in [0.1, 0.15) is 41.5 Å². The monoisotopic (exact) mass is 140 g/mol. The molecule has 0 aromatic heterocycles. The highest BCUT2D eigenvalue weighted by atomic mass is 13.8. The molecule has 60 valence electrons. The average Bonchev–Trinajstić information content (AvgIpc) is 1.89. The van der Waals surface area contributed by atoms with Crippen LogP contribution in [0.25, 0.3) is 0 Å². The SMILES string of the molecule is CC.CC(C)=CC=C(C)C. The van der Waals surface area contributed by atoms with Gasteiger partial charge in [0.1, 0.15) is 0 Å². The van der Waals surface area contributed by atoms with Crippen LogP contribution in [0.4, 0.5) is 0 Å². The largest absolute Gasteiger partial charge is 0.0764 e. The maximum atomic E-state index is 2.12. The fourth-order valence-electron chi connectivity index (χ4n) is 0.333. The van der Waals surface area contributed by atoms with E-state index in [0.29, 0.717) is 0 Å². The Labute approximate surface area is 65.7 Å². The summed E-state index contributed by atoms with van der Waals surface area (Å²) in [6, 6.07) is 0. The number of rotatable bonds is 1. The fraction of sp³-hybridized carbons (Fsp3) is 0.600. The van der Waals surface area contributed by atoms with Gasteiger partial charge in [-0.05, 0) is 27.7 Å². The quantitative estimate of drug-likeness (QED) is 0.484. The van der Waals surface area contributed by atoms with Crippen LogP contribution < -0.4 is 0 Å². The smallest absolute Gasteiger partial charge is 0.0439 e. The Morgan fingerprint density at radius 1 is 0.700 bits per heavy atom. The predicted octanol–water partition coefficient (Wildman–Crippen LogP) is 3.95. The summed E-state index contributed by atoms with van der Waals surface area (Å²) in [7, 11) is 0. The lowest BCUT2D eigenvalue weighted by atomic mass is 10.2. The molecule has 0 bridgehead atoms. The van der Waals surface area contributed by atoms with Crippen molar-refractivity contribution >= 4 is 0 Å². The Hall–Kier alpha value is -0.520. The van der Waals surface area contributed by atoms with Crippen LogP contribution in [0.2, 0.25) is 0 Å². The van der Waals surface area contributed by atoms with Gasteiger partial charge in [-0.25, -0.2) is 0 Å². The Kier molecular flexibility index (Phi) is 10.3. The van der Waals surface area contributed by atoms with Crippen molar-refractivity contribution in [3.63, 3.8) is 0 Å². The Morgan fingerprint density at radius 3 is 1.00 bits per heavy atom. The van der Waals surface area contributed by atoms with Gasteiger partial charge in [-0.15, -0.1) is 0 Å². The van der Waals surface area contributed by atoms with Crippen LogP contribution in [0.3, 0.4) is 0 Å². The van der Waals surface area contributed by atoms with E-state index in [9.17, 15) is 0 Å². The molecule has 0 atom stereocenters. The third-order valence-corrected chi connectivity index (χ3v) is 0.750. The van der Waals surface area contributed by atoms with E-state index in [-0.39, 0.29) is 0 Å². The lowest BCUT2D eigenvalue weighted by Gasteiger charge is -1.84. The topological polar surface area (TPSA) is 0 Å². The average molecular weight is 140 g/mol. The molecule has 0 aliphatic heterocycles. The first kappa shape index (κ1) is 12.2. The summed E-state index contributed by atoms with van der Waals surface area (Å²) in [5.41, 5.74) is 2.71. The Morgan fingerprint density at radius 2 is 0.900 bits per heavy atom. The van der Waals surface area contributed by atoms with Crippen molar-refractivity contribution in [1.29, 1.82) is 0 Å². The molecule has 0 rings (SSSR count). The highest BCUT2D eigenvalue weighted by Gasteiger charge is 1.71. The molecule has 0 saturated heterocycles. The first-order valence-electron chi connectivity index (χ1n) is 3.91. The molecule has 0 heterocycles. The minimum absolute atomic E-state index is 1.35. The van der Waals surface area contributed by atoms with Gasteiger partial charge in [0.25, 0.3) is 0 Å². The molecule has 0 aromatic rings. The van der Waals surface area contributed by atoms with Gasteiger partial charge in [-0.3, -0.25) is 0 Å². The third-order valence-electron chi connectivity index (χ3n) is 0.750. The van der Waals surface area contributed by atoms with Crippen LogP contribution in [-0.4, -0.2) is 0 Å². The first-order valence-corrected chi connectivity index (χ1v) is 3.91. The molecule has 0 radical (unpaired) electrons. The maximum absolute atomic E-state index is 2.12. The van der Waals surface area contributed by atoms with Gasteiger partial charge in [-0.2, -0.15) is 0 Å². The summed E-state index contributed by atoms with van der Waals surface area (Å²) < 4.78 is 0. The van der Waals surface area contributed by atoms with Crippen LogP contribution in [0.15, 0.2) is 23.3 Å². The van der Waals surface area contributed by atoms with Gasteiger partial charge < -0.3 is 0 Å². The van der Waals surface area contributed by atoms with E-state index in [1.165, 1.54) is 11.1 Å². The summed E-state index contributed by atoms with van der Waals surface area (Å²) in [6.45, 7) is 12.4. The van der Waals surface area contributed by atoms with E-state index < -0.39 is 0 Å². The van der Waals surface area contributed by atoms with Crippen molar-refractivity contribution in [3.8, 4) is 0 Å². The molecule has 0 heteroatoms. The molecule has 10 heavy (non-hydrogen) atoms. The second kappa shape index (κ2) is 8.48. The van der Waals surface area contributed by atoms with E-state index in [0.717, 1.165) is 0 Å². The third kappa shape index (κ3) is 15.6. The molecule has 0 spiro atoms. The van der Waals surface area contributed by atoms with Gasteiger partial charge >= 0.3 is 0 Å². The second-order valence-electron chi connectivity index (χ2n) is 2.49. The van der Waals surface area contributed by atoms with Crippen molar-refractivity contribution in [2.75, 3.05) is 0 Å². The van der Waals surface area contributed by atoms with E-state index in [2.05, 4.69) is 39.8 Å². The second-order valence-corrected chi connectivity index (χ2v) is 2.49. The van der Waals surface area contributed by atoms with Crippen molar-refractivity contribution in [2.45, 2.75) is 41.5 Å². The molecular weight excluding hydrogens is 120 g/mol. The number of allylic oxidation sites excluding steroid dienone is 4. The molecule has 0 amide bonds. The highest BCUT2D eigenvalue weighted by molar-refractivity contribution is 5.12. The summed E-state index contributed by atoms with van der Waals surface area (Å²) in [5, 5.41) is 0. The molecule has 0 fully saturated rings. The van der Waals surface area contributed by atoms with Crippen molar-refractivity contribution in [2.24, 2.45) is 0 Å². The van der Waals surface area contributed by atoms with Crippen LogP contribution in [0, 0.1) is 0 Å². The zero-order valence-corrected chi connectivity index (χ0v) is 8.15. The van der Waals surface area contributed by atoms with E-state index >= 15 is 0 Å². The minimum Gasteiger partial charge on any atom is -0.0764 e. The van der Waals surface area contributed by atoms with Crippen LogP contribution in [-0.2, 0) is 0 Å². The van der Waals surface area contributed by atoms with Crippen molar-refractivity contribution in [1.82, 2.24) is 0 Å². The van der Waals surface area contributed by atoms with Gasteiger partial charge in [-0.1, -0.05) is 37.1 Å². The first-order chi connectivity index (χ1) is 4.63. The van der Waals surface area contributed by atoms with Crippen molar-refractivity contribution in [3.05, 3.63) is 23.3 Å². The van der Waals surface area contributed by atoms with E-state index in [1.807, 2.05) is 13.8 Å². The van der Waals surface area contributed by atoms with Gasteiger partial charge in [0.05, 0.1) is 0 Å². The Balaban J connectivity index is 0.